The number of benzene rings is 1. The molecule has 0 unspecified atom stereocenters. The summed E-state index contributed by atoms with van der Waals surface area (Å²) in [5.41, 5.74) is 3.14. The maximum atomic E-state index is 12.7. The molecule has 1 aromatic carbocycles. The number of nitrogens with zero attached hydrogens (tertiary/aromatic N) is 3. The number of amides is 1. The number of hydrogen-bond acceptors (Lipinski definition) is 6. The van der Waals surface area contributed by atoms with E-state index in [-0.39, 0.29) is 11.8 Å². The van der Waals surface area contributed by atoms with Crippen molar-refractivity contribution in [3.63, 3.8) is 0 Å². The molecule has 4 rings (SSSR count). The Morgan fingerprint density at radius 2 is 2.14 bits per heavy atom. The smallest absolute Gasteiger partial charge is 0.225 e. The first-order chi connectivity index (χ1) is 13.7. The minimum atomic E-state index is -0.0416. The van der Waals surface area contributed by atoms with Crippen LogP contribution in [0.2, 0.25) is 0 Å². The maximum Gasteiger partial charge on any atom is 0.225 e. The summed E-state index contributed by atoms with van der Waals surface area (Å²) in [7, 11) is 1.64. The van der Waals surface area contributed by atoms with E-state index in [9.17, 15) is 4.79 Å². The quantitative estimate of drug-likeness (QED) is 0.849. The normalized spacial score (nSPS) is 19.0. The number of aromatic nitrogens is 2. The molecule has 7 heteroatoms. The van der Waals surface area contributed by atoms with Crippen molar-refractivity contribution in [2.75, 3.05) is 38.3 Å². The third-order valence-electron chi connectivity index (χ3n) is 5.45. The zero-order valence-electron chi connectivity index (χ0n) is 16.2. The van der Waals surface area contributed by atoms with Crippen LogP contribution < -0.4 is 15.0 Å². The fourth-order valence-electron chi connectivity index (χ4n) is 3.81. The number of carbonyl (C=O) groups is 1. The van der Waals surface area contributed by atoms with Crippen LogP contribution in [0.15, 0.2) is 30.5 Å². The van der Waals surface area contributed by atoms with Crippen LogP contribution in [0.25, 0.3) is 0 Å². The lowest BCUT2D eigenvalue weighted by Crippen LogP contribution is -2.38. The molecule has 1 fully saturated rings. The van der Waals surface area contributed by atoms with Crippen molar-refractivity contribution in [3.05, 3.63) is 47.3 Å². The molecule has 2 aromatic rings. The van der Waals surface area contributed by atoms with Crippen LogP contribution in [0.3, 0.4) is 0 Å². The van der Waals surface area contributed by atoms with Gasteiger partial charge in [-0.2, -0.15) is 0 Å². The predicted molar refractivity (Wildman–Crippen MR) is 105 cm³/mol. The number of aryl methyl sites for hydroxylation is 1. The van der Waals surface area contributed by atoms with Gasteiger partial charge in [0.2, 0.25) is 11.9 Å². The lowest BCUT2D eigenvalue weighted by Gasteiger charge is -2.28. The molecule has 148 valence electrons. The van der Waals surface area contributed by atoms with Crippen LogP contribution in [0.5, 0.6) is 5.75 Å². The van der Waals surface area contributed by atoms with Gasteiger partial charge in [0.1, 0.15) is 5.75 Å². The second-order valence-corrected chi connectivity index (χ2v) is 7.21. The number of ether oxygens (including phenoxy) is 2. The van der Waals surface area contributed by atoms with Gasteiger partial charge in [0, 0.05) is 43.0 Å². The maximum absolute atomic E-state index is 12.7. The standard InChI is InChI=1S/C21H26N4O3/c1-27-19-5-3-2-4-16(19)13-22-20(26)15-6-7-18-17(12-15)14-23-21(24-18)25-8-10-28-11-9-25/h2-5,14-15H,6-13H2,1H3,(H,22,26)/t15-/m1/s1. The molecule has 2 heterocycles. The van der Waals surface area contributed by atoms with Crippen LogP contribution in [0.1, 0.15) is 23.2 Å². The van der Waals surface area contributed by atoms with E-state index in [2.05, 4.69) is 15.2 Å². The number of anilines is 1. The van der Waals surface area contributed by atoms with Gasteiger partial charge in [-0.25, -0.2) is 9.97 Å². The minimum absolute atomic E-state index is 0.0416. The summed E-state index contributed by atoms with van der Waals surface area (Å²) in [4.78, 5) is 24.1. The molecule has 2 aliphatic rings. The molecule has 0 radical (unpaired) electrons. The first kappa shape index (κ1) is 18.7. The highest BCUT2D eigenvalue weighted by molar-refractivity contribution is 5.79. The zero-order chi connectivity index (χ0) is 19.3. The molecule has 1 N–H and O–H groups in total. The van der Waals surface area contributed by atoms with E-state index >= 15 is 0 Å². The Morgan fingerprint density at radius 1 is 1.32 bits per heavy atom. The van der Waals surface area contributed by atoms with Gasteiger partial charge < -0.3 is 19.7 Å². The van der Waals surface area contributed by atoms with Gasteiger partial charge >= 0.3 is 0 Å². The number of fused-ring (bicyclic) bond motifs is 1. The summed E-state index contributed by atoms with van der Waals surface area (Å²) in [6, 6.07) is 7.75. The number of methoxy groups -OCH3 is 1. The van der Waals surface area contributed by atoms with Crippen LogP contribution >= 0.6 is 0 Å². The van der Waals surface area contributed by atoms with E-state index in [1.54, 1.807) is 7.11 Å². The highest BCUT2D eigenvalue weighted by Gasteiger charge is 2.27. The van der Waals surface area contributed by atoms with Crippen molar-refractivity contribution < 1.29 is 14.3 Å². The van der Waals surface area contributed by atoms with Crippen LogP contribution in [0, 0.1) is 5.92 Å². The number of rotatable bonds is 5. The van der Waals surface area contributed by atoms with Crippen molar-refractivity contribution >= 4 is 11.9 Å². The first-order valence-electron chi connectivity index (χ1n) is 9.81. The predicted octanol–water partition coefficient (Wildman–Crippen LogP) is 1.74. The van der Waals surface area contributed by atoms with Crippen LogP contribution in [-0.2, 0) is 28.9 Å². The molecule has 28 heavy (non-hydrogen) atoms. The highest BCUT2D eigenvalue weighted by atomic mass is 16.5. The third kappa shape index (κ3) is 4.09. The molecular formula is C21H26N4O3. The highest BCUT2D eigenvalue weighted by Crippen LogP contribution is 2.26. The van der Waals surface area contributed by atoms with E-state index in [4.69, 9.17) is 14.5 Å². The lowest BCUT2D eigenvalue weighted by atomic mass is 9.86. The summed E-state index contributed by atoms with van der Waals surface area (Å²) in [6.45, 7) is 3.56. The molecule has 0 spiro atoms. The Balaban J connectivity index is 1.37. The lowest BCUT2D eigenvalue weighted by molar-refractivity contribution is -0.125. The second kappa shape index (κ2) is 8.56. The van der Waals surface area contributed by atoms with Crippen LogP contribution in [0.4, 0.5) is 5.95 Å². The molecule has 1 aliphatic carbocycles. The van der Waals surface area contributed by atoms with Gasteiger partial charge in [-0.05, 0) is 30.9 Å². The topological polar surface area (TPSA) is 76.6 Å². The molecule has 1 atom stereocenters. The Kier molecular flexibility index (Phi) is 5.71. The molecule has 0 bridgehead atoms. The van der Waals surface area contributed by atoms with Crippen molar-refractivity contribution in [2.24, 2.45) is 5.92 Å². The van der Waals surface area contributed by atoms with Crippen molar-refractivity contribution in [2.45, 2.75) is 25.8 Å². The molecule has 7 nitrogen and oxygen atoms in total. The summed E-state index contributed by atoms with van der Waals surface area (Å²) >= 11 is 0. The molecular weight excluding hydrogens is 356 g/mol. The Bertz CT molecular complexity index is 836. The summed E-state index contributed by atoms with van der Waals surface area (Å²) in [5, 5.41) is 3.06. The van der Waals surface area contributed by atoms with E-state index in [0.29, 0.717) is 13.0 Å². The van der Waals surface area contributed by atoms with Gasteiger partial charge in [-0.3, -0.25) is 4.79 Å². The average molecular weight is 382 g/mol. The summed E-state index contributed by atoms with van der Waals surface area (Å²) in [6.07, 6.45) is 4.20. The number of hydrogen-bond donors (Lipinski definition) is 1. The first-order valence-corrected chi connectivity index (χ1v) is 9.81. The second-order valence-electron chi connectivity index (χ2n) is 7.21. The number of nitrogens with one attached hydrogen (secondary N) is 1. The van der Waals surface area contributed by atoms with Gasteiger partial charge in [0.25, 0.3) is 0 Å². The monoisotopic (exact) mass is 382 g/mol. The largest absolute Gasteiger partial charge is 0.496 e. The number of para-hydroxylation sites is 1. The molecule has 1 amide bonds. The van der Waals surface area contributed by atoms with Gasteiger partial charge in [0.05, 0.1) is 20.3 Å². The molecule has 0 saturated carbocycles. The third-order valence-corrected chi connectivity index (χ3v) is 5.45. The Hall–Kier alpha value is -2.67. The number of carbonyl (C=O) groups excluding carboxylic acids is 1. The van der Waals surface area contributed by atoms with Gasteiger partial charge in [0.15, 0.2) is 0 Å². The fraction of sp³-hybridized carbons (Fsp3) is 0.476. The summed E-state index contributed by atoms with van der Waals surface area (Å²) < 4.78 is 10.7. The van der Waals surface area contributed by atoms with E-state index in [1.807, 2.05) is 30.5 Å². The Morgan fingerprint density at radius 3 is 2.96 bits per heavy atom. The Labute approximate surface area is 165 Å². The molecule has 1 aliphatic heterocycles. The van der Waals surface area contributed by atoms with Crippen molar-refractivity contribution in [1.82, 2.24) is 15.3 Å². The van der Waals surface area contributed by atoms with E-state index < -0.39 is 0 Å². The van der Waals surface area contributed by atoms with Crippen LogP contribution in [-0.4, -0.2) is 49.3 Å². The fourth-order valence-corrected chi connectivity index (χ4v) is 3.81. The SMILES string of the molecule is COc1ccccc1CNC(=O)[C@@H]1CCc2nc(N3CCOCC3)ncc2C1. The molecule has 1 saturated heterocycles. The van der Waals surface area contributed by atoms with Gasteiger partial charge in [-0.1, -0.05) is 18.2 Å². The van der Waals surface area contributed by atoms with E-state index in [1.165, 1.54) is 0 Å². The van der Waals surface area contributed by atoms with Crippen molar-refractivity contribution in [3.8, 4) is 5.75 Å². The molecule has 1 aromatic heterocycles. The number of morpholine rings is 1. The van der Waals surface area contributed by atoms with Gasteiger partial charge in [-0.15, -0.1) is 0 Å². The zero-order valence-corrected chi connectivity index (χ0v) is 16.2. The van der Waals surface area contributed by atoms with Crippen molar-refractivity contribution in [1.29, 1.82) is 0 Å². The minimum Gasteiger partial charge on any atom is -0.496 e. The summed E-state index contributed by atoms with van der Waals surface area (Å²) in [5.74, 6) is 1.61. The average Bonchev–Trinajstić information content (AvgIpc) is 2.77. The van der Waals surface area contributed by atoms with E-state index in [0.717, 1.165) is 67.7 Å².